The Balaban J connectivity index is 1.38. The molecule has 2 aromatic carbocycles. The highest BCUT2D eigenvalue weighted by molar-refractivity contribution is 5.93. The molecule has 0 bridgehead atoms. The number of H-pyrrole nitrogens is 1. The maximum atomic E-state index is 13.3. The molecule has 0 spiro atoms. The first-order chi connectivity index (χ1) is 14.1. The van der Waals surface area contributed by atoms with E-state index in [4.69, 9.17) is 0 Å². The summed E-state index contributed by atoms with van der Waals surface area (Å²) in [7, 11) is 0. The fourth-order valence-corrected chi connectivity index (χ4v) is 3.11. The van der Waals surface area contributed by atoms with Crippen molar-refractivity contribution in [3.8, 4) is 0 Å². The van der Waals surface area contributed by atoms with Crippen LogP contribution in [-0.4, -0.2) is 22.4 Å². The van der Waals surface area contributed by atoms with Gasteiger partial charge in [0.15, 0.2) is 11.6 Å². The van der Waals surface area contributed by atoms with Crippen LogP contribution in [0.25, 0.3) is 10.9 Å². The number of nitrogens with one attached hydrogen (secondary N) is 3. The van der Waals surface area contributed by atoms with Crippen molar-refractivity contribution in [1.82, 2.24) is 15.3 Å². The van der Waals surface area contributed by atoms with Crippen molar-refractivity contribution >= 4 is 28.2 Å². The summed E-state index contributed by atoms with van der Waals surface area (Å²) in [5.41, 5.74) is 3.35. The molecule has 0 saturated heterocycles. The van der Waals surface area contributed by atoms with E-state index in [1.807, 2.05) is 30.5 Å². The fourth-order valence-electron chi connectivity index (χ4n) is 3.11. The molecule has 0 radical (unpaired) electrons. The van der Waals surface area contributed by atoms with E-state index in [1.54, 1.807) is 12.1 Å². The average Bonchev–Trinajstić information content (AvgIpc) is 3.14. The third kappa shape index (κ3) is 4.24. The minimum atomic E-state index is -0.945. The van der Waals surface area contributed by atoms with E-state index < -0.39 is 11.6 Å². The van der Waals surface area contributed by atoms with Crippen LogP contribution in [0, 0.1) is 11.6 Å². The molecule has 4 aromatic rings. The minimum Gasteiger partial charge on any atom is -0.361 e. The van der Waals surface area contributed by atoms with Crippen LogP contribution in [0.5, 0.6) is 0 Å². The van der Waals surface area contributed by atoms with Gasteiger partial charge in [-0.3, -0.25) is 9.78 Å². The van der Waals surface area contributed by atoms with Crippen molar-refractivity contribution in [1.29, 1.82) is 0 Å². The molecule has 1 amide bonds. The molecule has 0 fully saturated rings. The number of halogens is 2. The van der Waals surface area contributed by atoms with Crippen molar-refractivity contribution in [2.45, 2.75) is 6.42 Å². The SMILES string of the molecule is O=C(NCCc1c[nH]c2ccccc12)c1cc(Nc2ccc(F)c(F)c2)ccn1. The summed E-state index contributed by atoms with van der Waals surface area (Å²) in [5, 5.41) is 6.93. The average molecular weight is 392 g/mol. The van der Waals surface area contributed by atoms with Crippen LogP contribution in [0.15, 0.2) is 67.0 Å². The molecule has 0 atom stereocenters. The van der Waals surface area contributed by atoms with Crippen molar-refractivity contribution in [3.05, 3.63) is 89.9 Å². The molecule has 2 aromatic heterocycles. The summed E-state index contributed by atoms with van der Waals surface area (Å²) in [6.07, 6.45) is 4.11. The van der Waals surface area contributed by atoms with Gasteiger partial charge >= 0.3 is 0 Å². The van der Waals surface area contributed by atoms with Crippen LogP contribution in [0.3, 0.4) is 0 Å². The first-order valence-electron chi connectivity index (χ1n) is 9.11. The third-order valence-electron chi connectivity index (χ3n) is 4.56. The summed E-state index contributed by atoms with van der Waals surface area (Å²) in [6, 6.07) is 14.7. The largest absolute Gasteiger partial charge is 0.361 e. The standard InChI is InChI=1S/C22H18F2N4O/c23-18-6-5-15(11-19(18)24)28-16-8-10-25-21(12-16)22(29)26-9-7-14-13-27-20-4-2-1-3-17(14)20/h1-6,8,10-13,27H,7,9H2,(H,25,28)(H,26,29). The number of carbonyl (C=O) groups excluding carboxylic acids is 1. The van der Waals surface area contributed by atoms with E-state index in [9.17, 15) is 13.6 Å². The molecule has 0 aliphatic rings. The molecule has 0 aliphatic carbocycles. The van der Waals surface area contributed by atoms with Crippen LogP contribution < -0.4 is 10.6 Å². The zero-order valence-electron chi connectivity index (χ0n) is 15.4. The molecule has 3 N–H and O–H groups in total. The van der Waals surface area contributed by atoms with Crippen LogP contribution in [0.2, 0.25) is 0 Å². The number of hydrogen-bond donors (Lipinski definition) is 3. The Morgan fingerprint density at radius 1 is 1.00 bits per heavy atom. The molecule has 0 aliphatic heterocycles. The lowest BCUT2D eigenvalue weighted by atomic mass is 10.1. The number of para-hydroxylation sites is 1. The van der Waals surface area contributed by atoms with Crippen LogP contribution in [-0.2, 0) is 6.42 Å². The summed E-state index contributed by atoms with van der Waals surface area (Å²) < 4.78 is 26.4. The lowest BCUT2D eigenvalue weighted by molar-refractivity contribution is 0.0949. The van der Waals surface area contributed by atoms with Gasteiger partial charge in [-0.05, 0) is 42.3 Å². The molecular weight excluding hydrogens is 374 g/mol. The first kappa shape index (κ1) is 18.6. The van der Waals surface area contributed by atoms with Crippen LogP contribution in [0.4, 0.5) is 20.2 Å². The Labute approximate surface area is 165 Å². The second kappa shape index (κ2) is 8.10. The number of benzene rings is 2. The minimum absolute atomic E-state index is 0.233. The maximum Gasteiger partial charge on any atom is 0.269 e. The molecular formula is C22H18F2N4O. The van der Waals surface area contributed by atoms with Gasteiger partial charge in [-0.2, -0.15) is 0 Å². The molecule has 0 saturated carbocycles. The van der Waals surface area contributed by atoms with Gasteiger partial charge in [-0.1, -0.05) is 18.2 Å². The number of nitrogens with zero attached hydrogens (tertiary/aromatic N) is 1. The molecule has 5 nitrogen and oxygen atoms in total. The van der Waals surface area contributed by atoms with Gasteiger partial charge in [-0.15, -0.1) is 0 Å². The highest BCUT2D eigenvalue weighted by Crippen LogP contribution is 2.20. The molecule has 29 heavy (non-hydrogen) atoms. The number of pyridine rings is 1. The quantitative estimate of drug-likeness (QED) is 0.451. The third-order valence-corrected chi connectivity index (χ3v) is 4.56. The van der Waals surface area contributed by atoms with Gasteiger partial charge in [0.2, 0.25) is 0 Å². The van der Waals surface area contributed by atoms with E-state index >= 15 is 0 Å². The van der Waals surface area contributed by atoms with Crippen molar-refractivity contribution < 1.29 is 13.6 Å². The summed E-state index contributed by atoms with van der Waals surface area (Å²) >= 11 is 0. The van der Waals surface area contributed by atoms with Crippen molar-refractivity contribution in [2.75, 3.05) is 11.9 Å². The van der Waals surface area contributed by atoms with Gasteiger partial charge in [0, 0.05) is 47.3 Å². The Kier molecular flexibility index (Phi) is 5.20. The Morgan fingerprint density at radius 3 is 2.69 bits per heavy atom. The van der Waals surface area contributed by atoms with E-state index in [1.165, 1.54) is 12.3 Å². The van der Waals surface area contributed by atoms with Crippen molar-refractivity contribution in [2.24, 2.45) is 0 Å². The van der Waals surface area contributed by atoms with Gasteiger partial charge < -0.3 is 15.6 Å². The van der Waals surface area contributed by atoms with E-state index in [2.05, 4.69) is 20.6 Å². The number of rotatable bonds is 6. The molecule has 146 valence electrons. The summed E-state index contributed by atoms with van der Waals surface area (Å²) in [6.45, 7) is 0.461. The second-order valence-electron chi connectivity index (χ2n) is 6.55. The van der Waals surface area contributed by atoms with E-state index in [0.29, 0.717) is 24.3 Å². The monoisotopic (exact) mass is 392 g/mol. The first-order valence-corrected chi connectivity index (χ1v) is 9.11. The lowest BCUT2D eigenvalue weighted by Gasteiger charge is -2.09. The number of aromatic amines is 1. The summed E-state index contributed by atoms with van der Waals surface area (Å²) in [5.74, 6) is -2.17. The maximum absolute atomic E-state index is 13.3. The van der Waals surface area contributed by atoms with E-state index in [0.717, 1.165) is 28.6 Å². The second-order valence-corrected chi connectivity index (χ2v) is 6.55. The van der Waals surface area contributed by atoms with Crippen LogP contribution in [0.1, 0.15) is 16.1 Å². The lowest BCUT2D eigenvalue weighted by Crippen LogP contribution is -2.26. The molecule has 4 rings (SSSR count). The fraction of sp³-hybridized carbons (Fsp3) is 0.0909. The number of fused-ring (bicyclic) bond motifs is 1. The van der Waals surface area contributed by atoms with Gasteiger partial charge in [0.05, 0.1) is 0 Å². The number of hydrogen-bond acceptors (Lipinski definition) is 3. The van der Waals surface area contributed by atoms with E-state index in [-0.39, 0.29) is 11.6 Å². The molecule has 0 unspecified atom stereocenters. The smallest absolute Gasteiger partial charge is 0.269 e. The number of aromatic nitrogens is 2. The molecule has 2 heterocycles. The predicted molar refractivity (Wildman–Crippen MR) is 108 cm³/mol. The van der Waals surface area contributed by atoms with Gasteiger partial charge in [-0.25, -0.2) is 8.78 Å². The molecule has 7 heteroatoms. The zero-order valence-corrected chi connectivity index (χ0v) is 15.4. The number of anilines is 2. The van der Waals surface area contributed by atoms with Gasteiger partial charge in [0.25, 0.3) is 5.91 Å². The highest BCUT2D eigenvalue weighted by atomic mass is 19.2. The Bertz CT molecular complexity index is 1170. The topological polar surface area (TPSA) is 69.8 Å². The Hall–Kier alpha value is -3.74. The predicted octanol–water partition coefficient (Wildman–Crippen LogP) is 4.56. The van der Waals surface area contributed by atoms with Crippen molar-refractivity contribution in [3.63, 3.8) is 0 Å². The van der Waals surface area contributed by atoms with Gasteiger partial charge in [0.1, 0.15) is 5.69 Å². The normalized spacial score (nSPS) is 10.8. The highest BCUT2D eigenvalue weighted by Gasteiger charge is 2.10. The zero-order chi connectivity index (χ0) is 20.2. The van der Waals surface area contributed by atoms with Crippen LogP contribution >= 0.6 is 0 Å². The summed E-state index contributed by atoms with van der Waals surface area (Å²) in [4.78, 5) is 19.7. The number of carbonyl (C=O) groups is 1. The Morgan fingerprint density at radius 2 is 1.83 bits per heavy atom. The number of amides is 1.